The van der Waals surface area contributed by atoms with Crippen molar-refractivity contribution in [3.05, 3.63) is 0 Å². The molecule has 0 saturated carbocycles. The average Bonchev–Trinajstić information content (AvgIpc) is 2.07. The van der Waals surface area contributed by atoms with Crippen molar-refractivity contribution in [2.45, 2.75) is 32.6 Å². The number of rotatable bonds is 1. The Kier molecular flexibility index (Phi) is 4.08. The molecule has 1 N–H and O–H groups in total. The summed E-state index contributed by atoms with van der Waals surface area (Å²) in [6.45, 7) is 4.49. The molecule has 0 bridgehead atoms. The minimum Gasteiger partial charge on any atom is -0.317 e. The van der Waals surface area contributed by atoms with Crippen LogP contribution in [0.2, 0.25) is 0 Å². The largest absolute Gasteiger partial charge is 0.317 e. The molecule has 62 valence electrons. The fraction of sp³-hybridized carbons (Fsp3) is 0.800. The molecule has 1 heteroatoms. The third-order valence-electron chi connectivity index (χ3n) is 2.02. The van der Waals surface area contributed by atoms with Crippen LogP contribution < -0.4 is 5.32 Å². The number of hydrogen-bond donors (Lipinski definition) is 1. The van der Waals surface area contributed by atoms with Crippen molar-refractivity contribution in [2.24, 2.45) is 5.92 Å². The average molecular weight is 151 g/mol. The Morgan fingerprint density at radius 1 is 1.36 bits per heavy atom. The quantitative estimate of drug-likeness (QED) is 0.563. The second-order valence-electron chi connectivity index (χ2n) is 3.10. The molecule has 1 aliphatic heterocycles. The van der Waals surface area contributed by atoms with Crippen LogP contribution in [0.1, 0.15) is 32.6 Å². The van der Waals surface area contributed by atoms with E-state index in [1.165, 1.54) is 19.3 Å². The van der Waals surface area contributed by atoms with E-state index in [0.29, 0.717) is 5.92 Å². The Morgan fingerprint density at radius 3 is 2.73 bits per heavy atom. The van der Waals surface area contributed by atoms with Crippen LogP contribution in [-0.2, 0) is 0 Å². The highest BCUT2D eigenvalue weighted by Gasteiger charge is 2.08. The van der Waals surface area contributed by atoms with E-state index in [1.54, 1.807) is 0 Å². The van der Waals surface area contributed by atoms with Crippen molar-refractivity contribution in [1.82, 2.24) is 5.32 Å². The van der Waals surface area contributed by atoms with Crippen molar-refractivity contribution in [3.63, 3.8) is 0 Å². The number of hydrogen-bond acceptors (Lipinski definition) is 1. The van der Waals surface area contributed by atoms with Crippen LogP contribution >= 0.6 is 0 Å². The molecule has 1 saturated heterocycles. The van der Waals surface area contributed by atoms with Gasteiger partial charge in [0.2, 0.25) is 0 Å². The van der Waals surface area contributed by atoms with Crippen LogP contribution in [0, 0.1) is 17.8 Å². The predicted molar refractivity (Wildman–Crippen MR) is 48.3 cm³/mol. The van der Waals surface area contributed by atoms with Gasteiger partial charge in [0.1, 0.15) is 0 Å². The monoisotopic (exact) mass is 151 g/mol. The van der Waals surface area contributed by atoms with Crippen LogP contribution in [0.25, 0.3) is 0 Å². The normalized spacial score (nSPS) is 19.0. The molecule has 11 heavy (non-hydrogen) atoms. The Labute approximate surface area is 69.6 Å². The zero-order valence-electron chi connectivity index (χ0n) is 7.32. The van der Waals surface area contributed by atoms with Crippen molar-refractivity contribution in [1.29, 1.82) is 0 Å². The second kappa shape index (κ2) is 5.21. The molecular formula is C10H17N. The van der Waals surface area contributed by atoms with E-state index in [4.69, 9.17) is 0 Å². The van der Waals surface area contributed by atoms with Crippen molar-refractivity contribution >= 4 is 0 Å². The third kappa shape index (κ3) is 3.43. The molecule has 0 aromatic heterocycles. The van der Waals surface area contributed by atoms with Crippen molar-refractivity contribution in [3.8, 4) is 11.8 Å². The summed E-state index contributed by atoms with van der Waals surface area (Å²) in [7, 11) is 0. The molecule has 0 spiro atoms. The van der Waals surface area contributed by atoms with Gasteiger partial charge in [0, 0.05) is 12.3 Å². The Hall–Kier alpha value is -0.480. The second-order valence-corrected chi connectivity index (χ2v) is 3.10. The van der Waals surface area contributed by atoms with E-state index >= 15 is 0 Å². The highest BCUT2D eigenvalue weighted by molar-refractivity contribution is 5.04. The maximum atomic E-state index is 3.34. The fourth-order valence-electron chi connectivity index (χ4n) is 1.31. The van der Waals surface area contributed by atoms with E-state index in [0.717, 1.165) is 19.5 Å². The lowest BCUT2D eigenvalue weighted by Crippen LogP contribution is -2.26. The van der Waals surface area contributed by atoms with E-state index in [-0.39, 0.29) is 0 Å². The topological polar surface area (TPSA) is 12.0 Å². The smallest absolute Gasteiger partial charge is 0.0227 e. The van der Waals surface area contributed by atoms with Crippen molar-refractivity contribution < 1.29 is 0 Å². The summed E-state index contributed by atoms with van der Waals surface area (Å²) in [4.78, 5) is 0. The minimum absolute atomic E-state index is 0.683. The standard InChI is InChI=1S/C10H17N/c1-2-3-4-5-10-6-8-11-9-7-10/h10-11H,2-3,6-9H2,1H3. The predicted octanol–water partition coefficient (Wildman–Crippen LogP) is 1.79. The molecule has 1 heterocycles. The molecule has 1 fully saturated rings. The van der Waals surface area contributed by atoms with E-state index in [9.17, 15) is 0 Å². The van der Waals surface area contributed by atoms with E-state index < -0.39 is 0 Å². The lowest BCUT2D eigenvalue weighted by atomic mass is 9.99. The molecule has 0 radical (unpaired) electrons. The van der Waals surface area contributed by atoms with Crippen LogP contribution in [0.5, 0.6) is 0 Å². The van der Waals surface area contributed by atoms with Crippen LogP contribution in [-0.4, -0.2) is 13.1 Å². The van der Waals surface area contributed by atoms with Gasteiger partial charge in [0.05, 0.1) is 0 Å². The maximum Gasteiger partial charge on any atom is 0.0227 e. The molecule has 1 aliphatic rings. The molecule has 1 rings (SSSR count). The van der Waals surface area contributed by atoms with Gasteiger partial charge in [-0.25, -0.2) is 0 Å². The third-order valence-corrected chi connectivity index (χ3v) is 2.02. The number of piperidine rings is 1. The Bertz CT molecular complexity index is 146. The summed E-state index contributed by atoms with van der Waals surface area (Å²) in [5, 5.41) is 3.34. The Morgan fingerprint density at radius 2 is 2.09 bits per heavy atom. The first-order valence-corrected chi connectivity index (χ1v) is 4.62. The molecule has 0 atom stereocenters. The summed E-state index contributed by atoms with van der Waals surface area (Å²) in [6, 6.07) is 0. The van der Waals surface area contributed by atoms with Crippen molar-refractivity contribution in [2.75, 3.05) is 13.1 Å². The van der Waals surface area contributed by atoms with Crippen LogP contribution in [0.4, 0.5) is 0 Å². The minimum atomic E-state index is 0.683. The van der Waals surface area contributed by atoms with Gasteiger partial charge in [0.25, 0.3) is 0 Å². The van der Waals surface area contributed by atoms with Gasteiger partial charge in [-0.05, 0) is 32.4 Å². The summed E-state index contributed by atoms with van der Waals surface area (Å²) >= 11 is 0. The molecule has 0 aromatic carbocycles. The van der Waals surface area contributed by atoms with E-state index in [2.05, 4.69) is 24.1 Å². The lowest BCUT2D eigenvalue weighted by Gasteiger charge is -2.17. The van der Waals surface area contributed by atoms with Gasteiger partial charge in [-0.3, -0.25) is 0 Å². The van der Waals surface area contributed by atoms with Gasteiger partial charge < -0.3 is 5.32 Å². The molecule has 0 amide bonds. The summed E-state index contributed by atoms with van der Waals surface area (Å²) in [6.07, 6.45) is 4.76. The number of nitrogens with one attached hydrogen (secondary N) is 1. The summed E-state index contributed by atoms with van der Waals surface area (Å²) in [5.74, 6) is 7.24. The summed E-state index contributed by atoms with van der Waals surface area (Å²) in [5.41, 5.74) is 0. The van der Waals surface area contributed by atoms with E-state index in [1.807, 2.05) is 0 Å². The first-order valence-electron chi connectivity index (χ1n) is 4.62. The highest BCUT2D eigenvalue weighted by atomic mass is 14.9. The van der Waals surface area contributed by atoms with Gasteiger partial charge in [-0.15, -0.1) is 5.92 Å². The van der Waals surface area contributed by atoms with Crippen LogP contribution in [0.3, 0.4) is 0 Å². The zero-order chi connectivity index (χ0) is 7.94. The SMILES string of the molecule is CCCC#CC1CCNCC1. The fourth-order valence-corrected chi connectivity index (χ4v) is 1.31. The number of unbranched alkanes of at least 4 members (excludes halogenated alkanes) is 1. The summed E-state index contributed by atoms with van der Waals surface area (Å²) < 4.78 is 0. The highest BCUT2D eigenvalue weighted by Crippen LogP contribution is 2.09. The first-order chi connectivity index (χ1) is 5.43. The maximum absolute atomic E-state index is 3.34. The molecular weight excluding hydrogens is 134 g/mol. The first kappa shape index (κ1) is 8.62. The van der Waals surface area contributed by atoms with Gasteiger partial charge in [0.15, 0.2) is 0 Å². The van der Waals surface area contributed by atoms with Gasteiger partial charge in [-0.2, -0.15) is 0 Å². The molecule has 0 aromatic rings. The zero-order valence-corrected chi connectivity index (χ0v) is 7.32. The Balaban J connectivity index is 2.19. The van der Waals surface area contributed by atoms with Gasteiger partial charge >= 0.3 is 0 Å². The van der Waals surface area contributed by atoms with Gasteiger partial charge in [-0.1, -0.05) is 12.8 Å². The molecule has 1 nitrogen and oxygen atoms in total. The molecule has 0 aliphatic carbocycles. The lowest BCUT2D eigenvalue weighted by molar-refractivity contribution is 0.447. The van der Waals surface area contributed by atoms with Crippen LogP contribution in [0.15, 0.2) is 0 Å². The molecule has 0 unspecified atom stereocenters.